The molecule has 0 saturated carbocycles. The van der Waals surface area contributed by atoms with E-state index < -0.39 is 10.0 Å². The quantitative estimate of drug-likeness (QED) is 0.534. The van der Waals surface area contributed by atoms with Crippen LogP contribution in [0.2, 0.25) is 0 Å². The number of rotatable bonds is 8. The number of hydrogen-bond donors (Lipinski definition) is 2. The van der Waals surface area contributed by atoms with Gasteiger partial charge in [-0.2, -0.15) is 0 Å². The van der Waals surface area contributed by atoms with Gasteiger partial charge in [0.1, 0.15) is 5.82 Å². The van der Waals surface area contributed by atoms with Gasteiger partial charge in [0.25, 0.3) is 10.0 Å². The van der Waals surface area contributed by atoms with Crippen molar-refractivity contribution in [3.8, 4) is 0 Å². The molecule has 0 unspecified atom stereocenters. The smallest absolute Gasteiger partial charge is 0.257 e. The van der Waals surface area contributed by atoms with Crippen molar-refractivity contribution in [3.05, 3.63) is 24.9 Å². The zero-order valence-corrected chi connectivity index (χ0v) is 10.6. The number of ether oxygens (including phenoxy) is 1. The maximum absolute atomic E-state index is 11.8. The van der Waals surface area contributed by atoms with E-state index >= 15 is 0 Å². The molecule has 0 saturated heterocycles. The van der Waals surface area contributed by atoms with Gasteiger partial charge in [-0.05, 0) is 6.42 Å². The van der Waals surface area contributed by atoms with Gasteiger partial charge in [0.2, 0.25) is 0 Å². The van der Waals surface area contributed by atoms with Crippen LogP contribution in [0.5, 0.6) is 0 Å². The van der Waals surface area contributed by atoms with Gasteiger partial charge in [-0.1, -0.05) is 13.5 Å². The van der Waals surface area contributed by atoms with E-state index in [1.54, 1.807) is 0 Å². The lowest BCUT2D eigenvalue weighted by molar-refractivity contribution is 0.247. The molecular weight excluding hydrogens is 242 g/mol. The van der Waals surface area contributed by atoms with Gasteiger partial charge >= 0.3 is 0 Å². The third-order valence-electron chi connectivity index (χ3n) is 2.08. The lowest BCUT2D eigenvalue weighted by Crippen LogP contribution is -2.25. The van der Waals surface area contributed by atoms with Crippen molar-refractivity contribution in [2.75, 3.05) is 13.2 Å². The van der Waals surface area contributed by atoms with Crippen molar-refractivity contribution >= 4 is 10.0 Å². The van der Waals surface area contributed by atoms with Gasteiger partial charge in [-0.15, -0.1) is 0 Å². The number of H-pyrrole nitrogens is 1. The summed E-state index contributed by atoms with van der Waals surface area (Å²) in [5.74, 6) is 0.653. The third-order valence-corrected chi connectivity index (χ3v) is 3.45. The molecule has 0 atom stereocenters. The van der Waals surface area contributed by atoms with Gasteiger partial charge in [-0.25, -0.2) is 18.1 Å². The Morgan fingerprint density at radius 1 is 1.65 bits per heavy atom. The first-order valence-electron chi connectivity index (χ1n) is 5.36. The van der Waals surface area contributed by atoms with Crippen LogP contribution in [0.4, 0.5) is 0 Å². The van der Waals surface area contributed by atoms with Gasteiger partial charge in [0.05, 0.1) is 19.1 Å². The van der Waals surface area contributed by atoms with E-state index in [9.17, 15) is 8.42 Å². The Morgan fingerprint density at radius 3 is 3.00 bits per heavy atom. The molecule has 0 bridgehead atoms. The molecule has 2 N–H and O–H groups in total. The molecule has 1 rings (SSSR count). The Kier molecular flexibility index (Phi) is 5.17. The molecular formula is C10H17N3O3S. The zero-order chi connectivity index (χ0) is 12.7. The van der Waals surface area contributed by atoms with Gasteiger partial charge in [-0.3, -0.25) is 0 Å². The Labute approximate surface area is 101 Å². The molecule has 0 aromatic carbocycles. The minimum atomic E-state index is -3.49. The number of hydrogen-bond acceptors (Lipinski definition) is 4. The van der Waals surface area contributed by atoms with E-state index in [4.69, 9.17) is 4.74 Å². The molecule has 0 aliphatic heterocycles. The predicted octanol–water partition coefficient (Wildman–Crippen LogP) is 0.801. The van der Waals surface area contributed by atoms with Crippen molar-refractivity contribution < 1.29 is 13.2 Å². The van der Waals surface area contributed by atoms with Crippen molar-refractivity contribution in [2.24, 2.45) is 0 Å². The summed E-state index contributed by atoms with van der Waals surface area (Å²) in [6.45, 7) is 6.05. The monoisotopic (exact) mass is 259 g/mol. The fourth-order valence-corrected chi connectivity index (χ4v) is 2.19. The van der Waals surface area contributed by atoms with Crippen LogP contribution >= 0.6 is 0 Å². The summed E-state index contributed by atoms with van der Waals surface area (Å²) in [6.07, 6.45) is 3.90. The van der Waals surface area contributed by atoms with Crippen LogP contribution in [0.3, 0.4) is 0 Å². The average molecular weight is 259 g/mol. The minimum absolute atomic E-state index is 0.0963. The molecule has 0 spiro atoms. The maximum atomic E-state index is 11.8. The lowest BCUT2D eigenvalue weighted by atomic mass is 10.5. The van der Waals surface area contributed by atoms with Crippen LogP contribution in [0, 0.1) is 0 Å². The first-order chi connectivity index (χ1) is 8.10. The first kappa shape index (κ1) is 13.7. The normalized spacial score (nSPS) is 11.4. The largest absolute Gasteiger partial charge is 0.502 e. The Bertz CT molecular complexity index is 453. The Morgan fingerprint density at radius 2 is 2.41 bits per heavy atom. The molecule has 6 nitrogen and oxygen atoms in total. The minimum Gasteiger partial charge on any atom is -0.502 e. The lowest BCUT2D eigenvalue weighted by Gasteiger charge is -2.04. The zero-order valence-electron chi connectivity index (χ0n) is 9.77. The molecule has 1 aromatic rings. The molecule has 0 fully saturated rings. The number of imidazole rings is 1. The number of sulfonamides is 1. The summed E-state index contributed by atoms with van der Waals surface area (Å²) >= 11 is 0. The second-order valence-corrected chi connectivity index (χ2v) is 5.07. The molecule has 7 heteroatoms. The topological polar surface area (TPSA) is 84.1 Å². The highest BCUT2D eigenvalue weighted by molar-refractivity contribution is 7.89. The molecule has 17 heavy (non-hydrogen) atoms. The van der Waals surface area contributed by atoms with Gasteiger partial charge in [0, 0.05) is 13.0 Å². The van der Waals surface area contributed by atoms with E-state index in [1.807, 2.05) is 6.92 Å². The molecule has 96 valence electrons. The van der Waals surface area contributed by atoms with E-state index in [0.29, 0.717) is 31.8 Å². The van der Waals surface area contributed by atoms with Crippen LogP contribution < -0.4 is 4.72 Å². The molecule has 0 radical (unpaired) electrons. The Balaban J connectivity index is 2.48. The van der Waals surface area contributed by atoms with Crippen molar-refractivity contribution in [3.63, 3.8) is 0 Å². The van der Waals surface area contributed by atoms with Crippen LogP contribution in [-0.2, 0) is 21.2 Å². The fraction of sp³-hybridized carbons (Fsp3) is 0.500. The fourth-order valence-electron chi connectivity index (χ4n) is 1.18. The number of nitrogens with zero attached hydrogens (tertiary/aromatic N) is 1. The van der Waals surface area contributed by atoms with E-state index in [0.717, 1.165) is 0 Å². The number of nitrogens with one attached hydrogen (secondary N) is 2. The van der Waals surface area contributed by atoms with E-state index in [-0.39, 0.29) is 5.03 Å². The number of aromatic amines is 1. The highest BCUT2D eigenvalue weighted by Crippen LogP contribution is 2.05. The second kappa shape index (κ2) is 6.41. The highest BCUT2D eigenvalue weighted by atomic mass is 32.2. The number of aromatic nitrogens is 2. The molecule has 1 aromatic heterocycles. The summed E-state index contributed by atoms with van der Waals surface area (Å²) in [5.41, 5.74) is 0. The summed E-state index contributed by atoms with van der Waals surface area (Å²) < 4.78 is 30.8. The SMILES string of the molecule is C=COCCCNS(=O)(=O)c1cnc(CC)[nH]1. The van der Waals surface area contributed by atoms with E-state index in [1.165, 1.54) is 12.5 Å². The van der Waals surface area contributed by atoms with Crippen LogP contribution in [0.25, 0.3) is 0 Å². The summed E-state index contributed by atoms with van der Waals surface area (Å²) in [6, 6.07) is 0. The molecule has 1 heterocycles. The maximum Gasteiger partial charge on any atom is 0.257 e. The predicted molar refractivity (Wildman–Crippen MR) is 63.9 cm³/mol. The molecule has 0 amide bonds. The van der Waals surface area contributed by atoms with Crippen LogP contribution in [0.1, 0.15) is 19.2 Å². The van der Waals surface area contributed by atoms with Crippen LogP contribution in [0.15, 0.2) is 24.1 Å². The summed E-state index contributed by atoms with van der Waals surface area (Å²) in [4.78, 5) is 6.69. The van der Waals surface area contributed by atoms with Crippen molar-refractivity contribution in [2.45, 2.75) is 24.8 Å². The van der Waals surface area contributed by atoms with Gasteiger partial charge in [0.15, 0.2) is 5.03 Å². The number of aryl methyl sites for hydroxylation is 1. The second-order valence-electron chi connectivity index (χ2n) is 3.34. The standard InChI is InChI=1S/C10H17N3O3S/c1-3-9-11-8-10(13-9)17(14,15)12-6-5-7-16-4-2/h4,8,12H,2-3,5-7H2,1H3,(H,11,13). The van der Waals surface area contributed by atoms with Crippen molar-refractivity contribution in [1.82, 2.24) is 14.7 Å². The van der Waals surface area contributed by atoms with Gasteiger partial charge < -0.3 is 9.72 Å². The molecule has 0 aliphatic carbocycles. The average Bonchev–Trinajstić information content (AvgIpc) is 2.78. The van der Waals surface area contributed by atoms with Crippen LogP contribution in [-0.4, -0.2) is 31.5 Å². The Hall–Kier alpha value is -1.34. The highest BCUT2D eigenvalue weighted by Gasteiger charge is 2.15. The summed E-state index contributed by atoms with van der Waals surface area (Å²) in [5, 5.41) is 0.0963. The third kappa shape index (κ3) is 4.20. The van der Waals surface area contributed by atoms with Crippen molar-refractivity contribution in [1.29, 1.82) is 0 Å². The van der Waals surface area contributed by atoms with E-state index in [2.05, 4.69) is 21.3 Å². The molecule has 0 aliphatic rings. The first-order valence-corrected chi connectivity index (χ1v) is 6.84. The summed E-state index contributed by atoms with van der Waals surface area (Å²) in [7, 11) is -3.49.